The van der Waals surface area contributed by atoms with Crippen molar-refractivity contribution < 1.29 is 9.47 Å². The van der Waals surface area contributed by atoms with Crippen LogP contribution in [0.4, 0.5) is 0 Å². The summed E-state index contributed by atoms with van der Waals surface area (Å²) < 4.78 is 11.9. The van der Waals surface area contributed by atoms with E-state index in [9.17, 15) is 0 Å². The summed E-state index contributed by atoms with van der Waals surface area (Å²) in [5.74, 6) is 1.04. The number of ether oxygens (including phenoxy) is 2. The first kappa shape index (κ1) is 20.9. The molecular formula is C21H40N4O2. The molecule has 0 radical (unpaired) electrons. The van der Waals surface area contributed by atoms with E-state index in [2.05, 4.69) is 34.0 Å². The molecule has 1 atom stereocenters. The maximum atomic E-state index is 6.14. The van der Waals surface area contributed by atoms with Crippen molar-refractivity contribution in [1.29, 1.82) is 0 Å². The molecule has 0 aromatic heterocycles. The van der Waals surface area contributed by atoms with E-state index < -0.39 is 0 Å². The Morgan fingerprint density at radius 2 is 1.96 bits per heavy atom. The Hall–Kier alpha value is -0.850. The van der Waals surface area contributed by atoms with Gasteiger partial charge in [0.15, 0.2) is 5.96 Å². The van der Waals surface area contributed by atoms with E-state index in [0.717, 1.165) is 70.7 Å². The third kappa shape index (κ3) is 6.61. The highest BCUT2D eigenvalue weighted by atomic mass is 16.5. The van der Waals surface area contributed by atoms with Crippen LogP contribution >= 0.6 is 0 Å². The number of aliphatic imine (C=N–C) groups is 1. The van der Waals surface area contributed by atoms with Crippen LogP contribution < -0.4 is 5.32 Å². The average molecular weight is 381 g/mol. The summed E-state index contributed by atoms with van der Waals surface area (Å²) in [5, 5.41) is 3.58. The molecule has 3 aliphatic rings. The van der Waals surface area contributed by atoms with Crippen molar-refractivity contribution in [3.8, 4) is 0 Å². The van der Waals surface area contributed by atoms with Gasteiger partial charge in [0.2, 0.25) is 0 Å². The molecule has 3 fully saturated rings. The first-order valence-corrected chi connectivity index (χ1v) is 11.1. The number of nitrogens with one attached hydrogen (secondary N) is 1. The van der Waals surface area contributed by atoms with Crippen molar-refractivity contribution in [1.82, 2.24) is 15.1 Å². The van der Waals surface area contributed by atoms with E-state index in [1.807, 2.05) is 7.05 Å². The lowest BCUT2D eigenvalue weighted by Gasteiger charge is -2.35. The van der Waals surface area contributed by atoms with Gasteiger partial charge in [0, 0.05) is 51.9 Å². The number of guanidine groups is 1. The second-order valence-electron chi connectivity index (χ2n) is 8.55. The third-order valence-corrected chi connectivity index (χ3v) is 6.08. The molecule has 0 amide bonds. The highest BCUT2D eigenvalue weighted by Gasteiger charge is 2.30. The van der Waals surface area contributed by atoms with Crippen molar-refractivity contribution in [3.63, 3.8) is 0 Å². The first-order chi connectivity index (χ1) is 13.2. The zero-order valence-electron chi connectivity index (χ0n) is 17.7. The molecule has 6 heteroatoms. The fraction of sp³-hybridized carbons (Fsp3) is 0.952. The lowest BCUT2D eigenvalue weighted by atomic mass is 10.1. The fourth-order valence-electron chi connectivity index (χ4n) is 4.31. The minimum atomic E-state index is 0.321. The number of hydrogen-bond acceptors (Lipinski definition) is 4. The van der Waals surface area contributed by atoms with Crippen LogP contribution in [0.2, 0.25) is 0 Å². The minimum absolute atomic E-state index is 0.321. The molecule has 2 aliphatic heterocycles. The van der Waals surface area contributed by atoms with Crippen LogP contribution in [0.1, 0.15) is 58.8 Å². The molecule has 1 N–H and O–H groups in total. The van der Waals surface area contributed by atoms with Crippen LogP contribution in [-0.2, 0) is 9.47 Å². The number of hydrogen-bond donors (Lipinski definition) is 1. The maximum absolute atomic E-state index is 6.14. The average Bonchev–Trinajstić information content (AvgIpc) is 3.53. The Kier molecular flexibility index (Phi) is 8.22. The van der Waals surface area contributed by atoms with Crippen LogP contribution in [0.3, 0.4) is 0 Å². The van der Waals surface area contributed by atoms with Crippen LogP contribution in [-0.4, -0.2) is 86.5 Å². The minimum Gasteiger partial charge on any atom is -0.376 e. The summed E-state index contributed by atoms with van der Waals surface area (Å²) in [6, 6.07) is 1.44. The molecular weight excluding hydrogens is 340 g/mol. The van der Waals surface area contributed by atoms with Gasteiger partial charge in [-0.25, -0.2) is 0 Å². The van der Waals surface area contributed by atoms with Gasteiger partial charge in [0.1, 0.15) is 0 Å². The van der Waals surface area contributed by atoms with Crippen molar-refractivity contribution in [2.24, 2.45) is 4.99 Å². The highest BCUT2D eigenvalue weighted by molar-refractivity contribution is 5.79. The summed E-state index contributed by atoms with van der Waals surface area (Å²) in [7, 11) is 1.90. The predicted molar refractivity (Wildman–Crippen MR) is 110 cm³/mol. The Balaban J connectivity index is 1.33. The zero-order valence-corrected chi connectivity index (χ0v) is 17.7. The molecule has 6 nitrogen and oxygen atoms in total. The maximum Gasteiger partial charge on any atom is 0.193 e. The monoisotopic (exact) mass is 380 g/mol. The van der Waals surface area contributed by atoms with E-state index in [-0.39, 0.29) is 0 Å². The quantitative estimate of drug-likeness (QED) is 0.518. The van der Waals surface area contributed by atoms with E-state index in [0.29, 0.717) is 18.2 Å². The summed E-state index contributed by atoms with van der Waals surface area (Å²) in [6.07, 6.45) is 9.22. The summed E-state index contributed by atoms with van der Waals surface area (Å²) >= 11 is 0. The topological polar surface area (TPSA) is 49.3 Å². The lowest BCUT2D eigenvalue weighted by Crippen LogP contribution is -2.49. The molecule has 1 unspecified atom stereocenters. The van der Waals surface area contributed by atoms with Gasteiger partial charge in [-0.15, -0.1) is 0 Å². The van der Waals surface area contributed by atoms with Crippen molar-refractivity contribution in [2.75, 3.05) is 46.4 Å². The van der Waals surface area contributed by atoms with Gasteiger partial charge >= 0.3 is 0 Å². The second kappa shape index (κ2) is 10.6. The van der Waals surface area contributed by atoms with E-state index in [1.165, 1.54) is 25.7 Å². The van der Waals surface area contributed by atoms with E-state index in [1.54, 1.807) is 0 Å². The standard InChI is InChI=1S/C21H40N4O2/c1-17(2)25(18-7-8-18)14-11-23-21(22-3)24-12-9-19(10-13-24)27-16-20-6-4-5-15-26-20/h17-20H,4-16H2,1-3H3,(H,22,23). The normalized spacial score (nSPS) is 25.4. The van der Waals surface area contributed by atoms with Gasteiger partial charge in [-0.05, 0) is 58.8 Å². The van der Waals surface area contributed by atoms with Gasteiger partial charge in [0.05, 0.1) is 18.8 Å². The molecule has 156 valence electrons. The van der Waals surface area contributed by atoms with Crippen LogP contribution in [0, 0.1) is 0 Å². The molecule has 1 aliphatic carbocycles. The predicted octanol–water partition coefficient (Wildman–Crippen LogP) is 2.48. The van der Waals surface area contributed by atoms with Crippen LogP contribution in [0.25, 0.3) is 0 Å². The number of nitrogens with zero attached hydrogens (tertiary/aromatic N) is 3. The lowest BCUT2D eigenvalue weighted by molar-refractivity contribution is -0.0721. The Morgan fingerprint density at radius 1 is 1.19 bits per heavy atom. The van der Waals surface area contributed by atoms with E-state index >= 15 is 0 Å². The summed E-state index contributed by atoms with van der Waals surface area (Å²) in [6.45, 7) is 10.4. The summed E-state index contributed by atoms with van der Waals surface area (Å²) in [4.78, 5) is 9.51. The smallest absolute Gasteiger partial charge is 0.193 e. The molecule has 0 spiro atoms. The molecule has 3 rings (SSSR count). The Labute approximate surface area is 165 Å². The third-order valence-electron chi connectivity index (χ3n) is 6.08. The number of rotatable bonds is 8. The van der Waals surface area contributed by atoms with Crippen molar-refractivity contribution in [3.05, 3.63) is 0 Å². The molecule has 1 saturated carbocycles. The van der Waals surface area contributed by atoms with Crippen molar-refractivity contribution in [2.45, 2.75) is 83.1 Å². The molecule has 0 aromatic rings. The molecule has 2 heterocycles. The molecule has 2 saturated heterocycles. The highest BCUT2D eigenvalue weighted by Crippen LogP contribution is 2.28. The van der Waals surface area contributed by atoms with Crippen LogP contribution in [0.15, 0.2) is 4.99 Å². The zero-order chi connectivity index (χ0) is 19.1. The van der Waals surface area contributed by atoms with Gasteiger partial charge < -0.3 is 19.7 Å². The van der Waals surface area contributed by atoms with Crippen molar-refractivity contribution >= 4 is 5.96 Å². The SMILES string of the molecule is CN=C(NCCN(C(C)C)C1CC1)N1CCC(OCC2CCCCO2)CC1. The largest absolute Gasteiger partial charge is 0.376 e. The summed E-state index contributed by atoms with van der Waals surface area (Å²) in [5.41, 5.74) is 0. The Morgan fingerprint density at radius 3 is 2.56 bits per heavy atom. The molecule has 0 bridgehead atoms. The molecule has 27 heavy (non-hydrogen) atoms. The fourth-order valence-corrected chi connectivity index (χ4v) is 4.31. The number of piperidine rings is 1. The van der Waals surface area contributed by atoms with Gasteiger partial charge in [0.25, 0.3) is 0 Å². The second-order valence-corrected chi connectivity index (χ2v) is 8.55. The van der Waals surface area contributed by atoms with Gasteiger partial charge in [-0.2, -0.15) is 0 Å². The first-order valence-electron chi connectivity index (χ1n) is 11.1. The molecule has 0 aromatic carbocycles. The Bertz CT molecular complexity index is 451. The van der Waals surface area contributed by atoms with Crippen LogP contribution in [0.5, 0.6) is 0 Å². The number of likely N-dealkylation sites (tertiary alicyclic amines) is 1. The van der Waals surface area contributed by atoms with Gasteiger partial charge in [-0.3, -0.25) is 9.89 Å². The van der Waals surface area contributed by atoms with E-state index in [4.69, 9.17) is 9.47 Å². The van der Waals surface area contributed by atoms with Gasteiger partial charge in [-0.1, -0.05) is 0 Å².